The summed E-state index contributed by atoms with van der Waals surface area (Å²) in [7, 11) is 0. The number of carbonyl (C=O) groups is 2. The molecule has 2 rings (SSSR count). The van der Waals surface area contributed by atoms with Crippen molar-refractivity contribution in [2.75, 3.05) is 11.1 Å². The van der Waals surface area contributed by atoms with Crippen LogP contribution in [-0.2, 0) is 4.79 Å². The predicted molar refractivity (Wildman–Crippen MR) is 79.7 cm³/mol. The highest BCUT2D eigenvalue weighted by Gasteiger charge is 2.17. The summed E-state index contributed by atoms with van der Waals surface area (Å²) in [5.74, 6) is -0.527. The molecule has 0 bridgehead atoms. The van der Waals surface area contributed by atoms with Crippen molar-refractivity contribution in [3.05, 3.63) is 29.8 Å². The van der Waals surface area contributed by atoms with E-state index in [1.54, 1.807) is 31.2 Å². The molecule has 1 aromatic heterocycles. The Morgan fingerprint density at radius 2 is 2.00 bits per heavy atom. The van der Waals surface area contributed by atoms with Crippen molar-refractivity contribution in [2.45, 2.75) is 17.3 Å². The Balaban J connectivity index is 1.95. The minimum Gasteiger partial charge on any atom is -0.368 e. The van der Waals surface area contributed by atoms with Crippen LogP contribution in [-0.4, -0.2) is 32.2 Å². The number of aromatic amines is 1. The number of nitrogens with two attached hydrogens (primary N) is 2. The fourth-order valence-electron chi connectivity index (χ4n) is 1.48. The summed E-state index contributed by atoms with van der Waals surface area (Å²) in [6.45, 7) is 1.73. The maximum atomic E-state index is 12.0. The zero-order chi connectivity index (χ0) is 15.4. The molecule has 110 valence electrons. The molecule has 2 aromatic rings. The van der Waals surface area contributed by atoms with Gasteiger partial charge in [-0.25, -0.2) is 5.10 Å². The molecule has 0 saturated carbocycles. The summed E-state index contributed by atoms with van der Waals surface area (Å²) in [6.07, 6.45) is 0. The van der Waals surface area contributed by atoms with Gasteiger partial charge in [0.1, 0.15) is 0 Å². The van der Waals surface area contributed by atoms with Crippen molar-refractivity contribution in [3.63, 3.8) is 0 Å². The Morgan fingerprint density at radius 3 is 2.52 bits per heavy atom. The van der Waals surface area contributed by atoms with Crippen LogP contribution in [0.15, 0.2) is 29.4 Å². The number of nitrogens with zero attached hydrogens (tertiary/aromatic N) is 2. The molecule has 0 saturated heterocycles. The molecule has 0 radical (unpaired) electrons. The number of primary amides is 1. The van der Waals surface area contributed by atoms with Crippen molar-refractivity contribution in [1.82, 2.24) is 15.2 Å². The Bertz CT molecular complexity index is 654. The predicted octanol–water partition coefficient (Wildman–Crippen LogP) is 0.605. The van der Waals surface area contributed by atoms with Gasteiger partial charge in [-0.05, 0) is 31.2 Å². The quantitative estimate of drug-likeness (QED) is 0.596. The summed E-state index contributed by atoms with van der Waals surface area (Å²) in [5.41, 5.74) is 11.5. The number of nitrogens with one attached hydrogen (secondary N) is 2. The lowest BCUT2D eigenvalue weighted by Crippen LogP contribution is -2.22. The third-order valence-electron chi connectivity index (χ3n) is 2.57. The molecule has 0 aliphatic heterocycles. The number of aromatic nitrogens is 3. The second-order valence-electron chi connectivity index (χ2n) is 4.19. The molecule has 0 unspecified atom stereocenters. The smallest absolute Gasteiger partial charge is 0.248 e. The summed E-state index contributed by atoms with van der Waals surface area (Å²) in [4.78, 5) is 26.9. The SMILES string of the molecule is C[C@@H](Sc1n[nH]c(N)n1)C(=O)Nc1ccc(C(N)=O)cc1. The van der Waals surface area contributed by atoms with Crippen LogP contribution in [0.1, 0.15) is 17.3 Å². The van der Waals surface area contributed by atoms with Crippen LogP contribution >= 0.6 is 11.8 Å². The van der Waals surface area contributed by atoms with Gasteiger partial charge in [0.2, 0.25) is 22.9 Å². The van der Waals surface area contributed by atoms with Gasteiger partial charge in [-0.3, -0.25) is 9.59 Å². The van der Waals surface area contributed by atoms with Gasteiger partial charge in [-0.2, -0.15) is 4.98 Å². The van der Waals surface area contributed by atoms with Crippen LogP contribution in [0, 0.1) is 0 Å². The van der Waals surface area contributed by atoms with Gasteiger partial charge in [-0.15, -0.1) is 5.10 Å². The molecule has 6 N–H and O–H groups in total. The number of benzene rings is 1. The highest BCUT2D eigenvalue weighted by molar-refractivity contribution is 8.00. The van der Waals surface area contributed by atoms with Gasteiger partial charge >= 0.3 is 0 Å². The zero-order valence-electron chi connectivity index (χ0n) is 11.2. The van der Waals surface area contributed by atoms with Gasteiger partial charge < -0.3 is 16.8 Å². The first-order valence-electron chi connectivity index (χ1n) is 6.01. The summed E-state index contributed by atoms with van der Waals surface area (Å²) < 4.78 is 0. The lowest BCUT2D eigenvalue weighted by atomic mass is 10.2. The van der Waals surface area contributed by atoms with Gasteiger partial charge in [0.15, 0.2) is 0 Å². The van der Waals surface area contributed by atoms with E-state index in [-0.39, 0.29) is 11.9 Å². The zero-order valence-corrected chi connectivity index (χ0v) is 12.0. The molecule has 0 aliphatic rings. The number of nitrogen functional groups attached to an aromatic ring is 1. The van der Waals surface area contributed by atoms with Crippen LogP contribution < -0.4 is 16.8 Å². The number of rotatable bonds is 5. The molecule has 21 heavy (non-hydrogen) atoms. The van der Waals surface area contributed by atoms with Crippen molar-refractivity contribution in [3.8, 4) is 0 Å². The van der Waals surface area contributed by atoms with Crippen molar-refractivity contribution >= 4 is 35.2 Å². The largest absolute Gasteiger partial charge is 0.368 e. The van der Waals surface area contributed by atoms with Gasteiger partial charge in [0.25, 0.3) is 0 Å². The molecule has 9 heteroatoms. The fourth-order valence-corrected chi connectivity index (χ4v) is 2.22. The average molecular weight is 306 g/mol. The highest BCUT2D eigenvalue weighted by atomic mass is 32.2. The Morgan fingerprint density at radius 1 is 1.33 bits per heavy atom. The van der Waals surface area contributed by atoms with Crippen LogP contribution in [0.4, 0.5) is 11.6 Å². The van der Waals surface area contributed by atoms with E-state index in [0.29, 0.717) is 16.4 Å². The molecular formula is C12H14N6O2S. The molecule has 8 nitrogen and oxygen atoms in total. The van der Waals surface area contributed by atoms with E-state index in [9.17, 15) is 9.59 Å². The number of hydrogen-bond donors (Lipinski definition) is 4. The monoisotopic (exact) mass is 306 g/mol. The first-order chi connectivity index (χ1) is 9.95. The molecule has 1 atom stereocenters. The van der Waals surface area contributed by atoms with E-state index >= 15 is 0 Å². The second kappa shape index (κ2) is 6.27. The van der Waals surface area contributed by atoms with Gasteiger partial charge in [-0.1, -0.05) is 11.8 Å². The first kappa shape index (κ1) is 14.9. The number of carbonyl (C=O) groups excluding carboxylic acids is 2. The average Bonchev–Trinajstić information content (AvgIpc) is 2.84. The lowest BCUT2D eigenvalue weighted by molar-refractivity contribution is -0.115. The third-order valence-corrected chi connectivity index (χ3v) is 3.53. The first-order valence-corrected chi connectivity index (χ1v) is 6.89. The van der Waals surface area contributed by atoms with Crippen LogP contribution in [0.25, 0.3) is 0 Å². The number of H-pyrrole nitrogens is 1. The minimum absolute atomic E-state index is 0.201. The molecule has 2 amide bonds. The van der Waals surface area contributed by atoms with Gasteiger partial charge in [0, 0.05) is 11.3 Å². The van der Waals surface area contributed by atoms with E-state index in [4.69, 9.17) is 11.5 Å². The third kappa shape index (κ3) is 3.96. The van der Waals surface area contributed by atoms with E-state index in [1.807, 2.05) is 0 Å². The molecule has 0 spiro atoms. The number of hydrogen-bond acceptors (Lipinski definition) is 6. The van der Waals surface area contributed by atoms with E-state index in [2.05, 4.69) is 20.5 Å². The van der Waals surface area contributed by atoms with Crippen LogP contribution in [0.3, 0.4) is 0 Å². The highest BCUT2D eigenvalue weighted by Crippen LogP contribution is 2.21. The number of amides is 2. The summed E-state index contributed by atoms with van der Waals surface area (Å²) in [6, 6.07) is 6.32. The second-order valence-corrected chi connectivity index (χ2v) is 5.50. The Labute approximate surface area is 124 Å². The molecule has 1 heterocycles. The van der Waals surface area contributed by atoms with E-state index in [0.717, 1.165) is 0 Å². The van der Waals surface area contributed by atoms with Gasteiger partial charge in [0.05, 0.1) is 5.25 Å². The molecule has 0 fully saturated rings. The Kier molecular flexibility index (Phi) is 4.43. The standard InChI is InChI=1S/C12H14N6O2S/c1-6(21-12-16-11(14)17-18-12)10(20)15-8-4-2-7(3-5-8)9(13)19/h2-6H,1H3,(H2,13,19)(H,15,20)(H3,14,16,17,18)/t6-/m1/s1. The molecule has 1 aromatic carbocycles. The topological polar surface area (TPSA) is 140 Å². The normalized spacial score (nSPS) is 11.9. The Hall–Kier alpha value is -2.55. The number of anilines is 2. The minimum atomic E-state index is -0.515. The number of thioether (sulfide) groups is 1. The maximum Gasteiger partial charge on any atom is 0.248 e. The molecule has 0 aliphatic carbocycles. The van der Waals surface area contributed by atoms with Crippen molar-refractivity contribution < 1.29 is 9.59 Å². The summed E-state index contributed by atoms with van der Waals surface area (Å²) in [5, 5.41) is 9.07. The maximum absolute atomic E-state index is 12.0. The van der Waals surface area contributed by atoms with E-state index in [1.165, 1.54) is 11.8 Å². The van der Waals surface area contributed by atoms with Crippen molar-refractivity contribution in [1.29, 1.82) is 0 Å². The van der Waals surface area contributed by atoms with Crippen molar-refractivity contribution in [2.24, 2.45) is 5.73 Å². The van der Waals surface area contributed by atoms with Crippen LogP contribution in [0.2, 0.25) is 0 Å². The van der Waals surface area contributed by atoms with Crippen LogP contribution in [0.5, 0.6) is 0 Å². The lowest BCUT2D eigenvalue weighted by Gasteiger charge is -2.10. The van der Waals surface area contributed by atoms with E-state index < -0.39 is 11.2 Å². The fraction of sp³-hybridized carbons (Fsp3) is 0.167. The molecular weight excluding hydrogens is 292 g/mol. The summed E-state index contributed by atoms with van der Waals surface area (Å²) >= 11 is 1.18.